The third-order valence-electron chi connectivity index (χ3n) is 6.25. The topological polar surface area (TPSA) is 178 Å². The molecule has 7 N–H and O–H groups in total. The van der Waals surface area contributed by atoms with Crippen LogP contribution in [-0.4, -0.2) is 57.9 Å². The highest BCUT2D eigenvalue weighted by molar-refractivity contribution is 6.36. The number of nitrogens with zero attached hydrogens (tertiary/aromatic N) is 3. The molecule has 0 aliphatic carbocycles. The number of benzene rings is 2. The van der Waals surface area contributed by atoms with Gasteiger partial charge in [0, 0.05) is 16.5 Å². The Morgan fingerprint density at radius 2 is 1.88 bits per heavy atom. The maximum absolute atomic E-state index is 13.6. The van der Waals surface area contributed by atoms with Gasteiger partial charge < -0.3 is 27.2 Å². The number of fused-ring (bicyclic) bond motifs is 1. The molecule has 2 unspecified atom stereocenters. The van der Waals surface area contributed by atoms with Crippen molar-refractivity contribution in [2.45, 2.75) is 30.7 Å². The van der Waals surface area contributed by atoms with Gasteiger partial charge in [0.1, 0.15) is 12.2 Å². The average Bonchev–Trinajstić information content (AvgIpc) is 3.19. The fraction of sp³-hybridized carbons (Fsp3) is 0.292. The maximum atomic E-state index is 13.6. The Balaban J connectivity index is 1.94. The van der Waals surface area contributed by atoms with Gasteiger partial charge in [-0.25, -0.2) is 9.38 Å². The molecule has 1 aromatic heterocycles. The summed E-state index contributed by atoms with van der Waals surface area (Å²) in [6.07, 6.45) is -6.93. The highest BCUT2D eigenvalue weighted by atomic mass is 35.5. The molecule has 0 saturated carbocycles. The summed E-state index contributed by atoms with van der Waals surface area (Å²) in [6.45, 7) is -0.210. The largest absolute Gasteiger partial charge is 0.481 e. The van der Waals surface area contributed by atoms with Crippen LogP contribution in [0.5, 0.6) is 0 Å². The van der Waals surface area contributed by atoms with Crippen molar-refractivity contribution in [3.63, 3.8) is 0 Å². The van der Waals surface area contributed by atoms with Crippen molar-refractivity contribution < 1.29 is 37.1 Å². The molecule has 0 spiro atoms. The monoisotopic (exact) mass is 617 g/mol. The van der Waals surface area contributed by atoms with E-state index < -0.39 is 54.1 Å². The van der Waals surface area contributed by atoms with Gasteiger partial charge in [-0.2, -0.15) is 18.3 Å². The van der Waals surface area contributed by atoms with Crippen LogP contribution >= 0.6 is 23.2 Å². The Morgan fingerprint density at radius 3 is 2.44 bits per heavy atom. The van der Waals surface area contributed by atoms with Crippen LogP contribution in [0.4, 0.5) is 23.2 Å². The van der Waals surface area contributed by atoms with Gasteiger partial charge in [-0.3, -0.25) is 19.1 Å². The molecule has 0 fully saturated rings. The molecule has 0 saturated heterocycles. The van der Waals surface area contributed by atoms with Crippen LogP contribution in [0.2, 0.25) is 10.2 Å². The van der Waals surface area contributed by atoms with E-state index in [1.54, 1.807) is 0 Å². The summed E-state index contributed by atoms with van der Waals surface area (Å²) in [7, 11) is 0. The number of amides is 2. The molecular weight excluding hydrogens is 597 g/mol. The van der Waals surface area contributed by atoms with Crippen molar-refractivity contribution in [2.24, 2.45) is 16.5 Å². The van der Waals surface area contributed by atoms with Crippen LogP contribution in [0.25, 0.3) is 10.9 Å². The van der Waals surface area contributed by atoms with Gasteiger partial charge in [0.05, 0.1) is 41.7 Å². The first-order valence-corrected chi connectivity index (χ1v) is 12.5. The predicted octanol–water partition coefficient (Wildman–Crippen LogP) is 3.45. The minimum absolute atomic E-state index is 0.0363. The number of guanidine groups is 1. The SMILES string of the molecule is NC(=O)c1cc(NC2=NCC(F)CN2)c2c(Cl)nn(C(C(N)=O)[C@@H](CC(=O)O)c3cc(Cl)cc(C(F)(F)F)c3)c2c1. The summed E-state index contributed by atoms with van der Waals surface area (Å²) in [5, 5.41) is 18.8. The van der Waals surface area contributed by atoms with Gasteiger partial charge in [0.15, 0.2) is 11.1 Å². The summed E-state index contributed by atoms with van der Waals surface area (Å²) in [5.41, 5.74) is 9.69. The van der Waals surface area contributed by atoms with E-state index in [0.717, 1.165) is 10.7 Å². The molecule has 3 aromatic rings. The van der Waals surface area contributed by atoms with E-state index in [0.29, 0.717) is 12.1 Å². The summed E-state index contributed by atoms with van der Waals surface area (Å²) < 4.78 is 55.1. The third-order valence-corrected chi connectivity index (χ3v) is 6.73. The second kappa shape index (κ2) is 11.4. The summed E-state index contributed by atoms with van der Waals surface area (Å²) in [4.78, 5) is 40.9. The van der Waals surface area contributed by atoms with E-state index in [1.165, 1.54) is 12.1 Å². The number of anilines is 1. The molecular formula is C24H21Cl2F4N7O4. The van der Waals surface area contributed by atoms with Crippen molar-refractivity contribution in [3.8, 4) is 0 Å². The molecule has 17 heteroatoms. The van der Waals surface area contributed by atoms with E-state index in [9.17, 15) is 37.1 Å². The number of nitrogens with one attached hydrogen (secondary N) is 2. The van der Waals surface area contributed by atoms with Gasteiger partial charge in [-0.15, -0.1) is 0 Å². The first-order chi connectivity index (χ1) is 19.1. The number of rotatable bonds is 8. The Hall–Kier alpha value is -4.11. The number of aliphatic carboxylic acids is 1. The molecule has 218 valence electrons. The number of primary amides is 2. The Kier molecular flexibility index (Phi) is 8.31. The van der Waals surface area contributed by atoms with E-state index >= 15 is 0 Å². The molecule has 2 heterocycles. The Bertz CT molecular complexity index is 1580. The quantitative estimate of drug-likeness (QED) is 0.240. The number of hydrogen-bond donors (Lipinski definition) is 5. The molecule has 1 aliphatic rings. The van der Waals surface area contributed by atoms with Crippen molar-refractivity contribution in [2.75, 3.05) is 18.4 Å². The summed E-state index contributed by atoms with van der Waals surface area (Å²) in [5.74, 6) is -4.95. The lowest BCUT2D eigenvalue weighted by molar-refractivity contribution is -0.138. The number of alkyl halides is 4. The van der Waals surface area contributed by atoms with Crippen LogP contribution in [0.3, 0.4) is 0 Å². The fourth-order valence-electron chi connectivity index (χ4n) is 4.48. The molecule has 0 radical (unpaired) electrons. The molecule has 11 nitrogen and oxygen atoms in total. The minimum atomic E-state index is -4.84. The van der Waals surface area contributed by atoms with Gasteiger partial charge in [0.2, 0.25) is 11.8 Å². The van der Waals surface area contributed by atoms with Crippen LogP contribution in [0.15, 0.2) is 35.3 Å². The van der Waals surface area contributed by atoms with E-state index in [2.05, 4.69) is 20.7 Å². The first-order valence-electron chi connectivity index (χ1n) is 11.8. The normalized spacial score (nSPS) is 16.9. The zero-order valence-electron chi connectivity index (χ0n) is 20.7. The smallest absolute Gasteiger partial charge is 0.416 e. The minimum Gasteiger partial charge on any atom is -0.481 e. The first kappa shape index (κ1) is 29.9. The second-order valence-corrected chi connectivity index (χ2v) is 9.93. The molecule has 1 aliphatic heterocycles. The van der Waals surface area contributed by atoms with Gasteiger partial charge in [-0.1, -0.05) is 23.2 Å². The highest BCUT2D eigenvalue weighted by Gasteiger charge is 2.37. The van der Waals surface area contributed by atoms with Gasteiger partial charge in [0.25, 0.3) is 0 Å². The number of carboxylic acid groups (broad SMARTS) is 1. The van der Waals surface area contributed by atoms with Crippen LogP contribution in [0, 0.1) is 0 Å². The van der Waals surface area contributed by atoms with Crippen LogP contribution in [0.1, 0.15) is 39.9 Å². The van der Waals surface area contributed by atoms with Crippen molar-refractivity contribution in [1.82, 2.24) is 15.1 Å². The van der Waals surface area contributed by atoms with Gasteiger partial charge >= 0.3 is 12.1 Å². The fourth-order valence-corrected chi connectivity index (χ4v) is 5.01. The lowest BCUT2D eigenvalue weighted by Crippen LogP contribution is -2.41. The lowest BCUT2D eigenvalue weighted by Gasteiger charge is -2.26. The van der Waals surface area contributed by atoms with Crippen molar-refractivity contribution in [3.05, 3.63) is 57.2 Å². The predicted molar refractivity (Wildman–Crippen MR) is 142 cm³/mol. The number of nitrogens with two attached hydrogens (primary N) is 2. The van der Waals surface area contributed by atoms with Crippen LogP contribution in [-0.2, 0) is 15.8 Å². The second-order valence-electron chi connectivity index (χ2n) is 9.13. The molecule has 0 bridgehead atoms. The standard InChI is InChI=1S/C24H21Cl2F4N7O4/c25-12-2-9(1-11(5-12)24(28,29)30)14(6-17(38)39)19(22(32)41)37-16-4-10(21(31)40)3-15(18(16)20(26)36-37)35-23-33-7-13(27)8-34-23/h1-5,13-14,19H,6-8H2,(H2,31,40)(H2,32,41)(H,38,39)(H2,33,34,35)/t14-,19?/m0/s1. The maximum Gasteiger partial charge on any atom is 0.416 e. The Morgan fingerprint density at radius 1 is 1.17 bits per heavy atom. The number of aliphatic imine (C=N–C) groups is 1. The zero-order chi connectivity index (χ0) is 30.2. The number of carbonyl (C=O) groups is 3. The molecule has 4 rings (SSSR count). The number of carboxylic acids is 1. The van der Waals surface area contributed by atoms with Crippen molar-refractivity contribution >= 4 is 63.5 Å². The molecule has 3 atom stereocenters. The highest BCUT2D eigenvalue weighted by Crippen LogP contribution is 2.41. The average molecular weight is 618 g/mol. The van der Waals surface area contributed by atoms with E-state index in [-0.39, 0.29) is 56.9 Å². The summed E-state index contributed by atoms with van der Waals surface area (Å²) >= 11 is 12.4. The molecule has 2 aromatic carbocycles. The lowest BCUT2D eigenvalue weighted by atomic mass is 9.87. The molecule has 2 amide bonds. The van der Waals surface area contributed by atoms with Gasteiger partial charge in [-0.05, 0) is 35.9 Å². The van der Waals surface area contributed by atoms with E-state index in [4.69, 9.17) is 34.7 Å². The Labute approximate surface area is 238 Å². The molecule has 41 heavy (non-hydrogen) atoms. The number of hydrogen-bond acceptors (Lipinski definition) is 7. The third kappa shape index (κ3) is 6.46. The van der Waals surface area contributed by atoms with E-state index in [1.807, 2.05) is 0 Å². The number of halogens is 6. The van der Waals surface area contributed by atoms with Crippen LogP contribution < -0.4 is 22.1 Å². The van der Waals surface area contributed by atoms with Crippen molar-refractivity contribution in [1.29, 1.82) is 0 Å². The number of aromatic nitrogens is 2. The summed E-state index contributed by atoms with van der Waals surface area (Å²) in [6, 6.07) is 3.17. The number of carbonyl (C=O) groups excluding carboxylic acids is 2. The zero-order valence-corrected chi connectivity index (χ0v) is 22.2.